The maximum absolute atomic E-state index is 11.6. The van der Waals surface area contributed by atoms with Crippen LogP contribution in [0, 0.1) is 0 Å². The number of fused-ring (bicyclic) bond motifs is 1. The molecule has 0 atom stereocenters. The largest absolute Gasteiger partial charge is 0.493 e. The van der Waals surface area contributed by atoms with Crippen LogP contribution < -0.4 is 15.6 Å². The second kappa shape index (κ2) is 8.13. The number of sulfonamides is 1. The summed E-state index contributed by atoms with van der Waals surface area (Å²) < 4.78 is 58.1. The Kier molecular flexibility index (Phi) is 6.38. The molecule has 1 aromatic carbocycles. The van der Waals surface area contributed by atoms with Crippen molar-refractivity contribution in [3.63, 3.8) is 0 Å². The molecular weight excluding hydrogens is 370 g/mol. The van der Waals surface area contributed by atoms with Crippen molar-refractivity contribution in [1.29, 1.82) is 0 Å². The van der Waals surface area contributed by atoms with Gasteiger partial charge in [0.15, 0.2) is 0 Å². The third-order valence-corrected chi connectivity index (χ3v) is 5.13. The molecule has 11 heteroatoms. The summed E-state index contributed by atoms with van der Waals surface area (Å²) in [5.74, 6) is 0.257. The highest BCUT2D eigenvalue weighted by Gasteiger charge is 2.24. The number of ether oxygens (including phenoxy) is 1. The minimum absolute atomic E-state index is 0.0583. The molecule has 2 rings (SSSR count). The number of nitrogens with zero attached hydrogens (tertiary/aromatic N) is 1. The van der Waals surface area contributed by atoms with E-state index in [0.29, 0.717) is 29.9 Å². The van der Waals surface area contributed by atoms with Crippen LogP contribution in [0.4, 0.5) is 0 Å². The second-order valence-corrected chi connectivity index (χ2v) is 8.43. The average molecular weight is 391 g/mol. The predicted octanol–water partition coefficient (Wildman–Crippen LogP) is 0.395. The van der Waals surface area contributed by atoms with Gasteiger partial charge in [-0.15, -0.1) is 4.40 Å². The van der Waals surface area contributed by atoms with Crippen LogP contribution in [0.2, 0.25) is 0 Å². The van der Waals surface area contributed by atoms with E-state index in [1.165, 1.54) is 0 Å². The zero-order valence-electron chi connectivity index (χ0n) is 13.5. The lowest BCUT2D eigenvalue weighted by molar-refractivity contribution is 0.289. The normalized spacial score (nSPS) is 16.1. The minimum Gasteiger partial charge on any atom is -0.493 e. The lowest BCUT2D eigenvalue weighted by Gasteiger charge is -2.18. The van der Waals surface area contributed by atoms with E-state index in [1.54, 1.807) is 18.2 Å². The number of unbranched alkanes of at least 4 members (excludes halogenated alkanes) is 3. The van der Waals surface area contributed by atoms with Crippen molar-refractivity contribution in [2.45, 2.75) is 31.4 Å². The fourth-order valence-corrected chi connectivity index (χ4v) is 3.89. The van der Waals surface area contributed by atoms with Crippen LogP contribution in [-0.4, -0.2) is 35.9 Å². The topological polar surface area (TPSA) is 151 Å². The highest BCUT2D eigenvalue weighted by Crippen LogP contribution is 2.28. The van der Waals surface area contributed by atoms with Crippen molar-refractivity contribution in [2.75, 3.05) is 13.2 Å². The molecule has 0 fully saturated rings. The van der Waals surface area contributed by atoms with Gasteiger partial charge in [-0.05, 0) is 30.9 Å². The van der Waals surface area contributed by atoms with Crippen LogP contribution >= 0.6 is 0 Å². The Bertz CT molecular complexity index is 849. The molecule has 9 nitrogen and oxygen atoms in total. The third-order valence-electron chi connectivity index (χ3n) is 3.49. The molecule has 0 bridgehead atoms. The van der Waals surface area contributed by atoms with Crippen molar-refractivity contribution < 1.29 is 25.8 Å². The number of hydrogen-bond donors (Lipinski definition) is 2. The van der Waals surface area contributed by atoms with Gasteiger partial charge in [0.05, 0.1) is 24.5 Å². The zero-order chi connectivity index (χ0) is 18.5. The van der Waals surface area contributed by atoms with Crippen molar-refractivity contribution >= 4 is 26.2 Å². The smallest absolute Gasteiger partial charge is 0.333 e. The van der Waals surface area contributed by atoms with Gasteiger partial charge in [0, 0.05) is 0 Å². The first-order valence-corrected chi connectivity index (χ1v) is 10.8. The number of nitrogens with two attached hydrogens (primary N) is 2. The average Bonchev–Trinajstić information content (AvgIpc) is 2.47. The molecule has 1 aromatic rings. The van der Waals surface area contributed by atoms with E-state index in [1.807, 2.05) is 0 Å². The summed E-state index contributed by atoms with van der Waals surface area (Å²) in [5, 5.41) is 4.72. The number of benzene rings is 1. The summed E-state index contributed by atoms with van der Waals surface area (Å²) in [4.78, 5) is 0. The molecular formula is C14H21N3O6S2. The predicted molar refractivity (Wildman–Crippen MR) is 92.8 cm³/mol. The number of amidine groups is 1. The fraction of sp³-hybridized carbons (Fsp3) is 0.500. The SMILES string of the molecule is NC1=NS(=O)(=O)Cc2cccc(OCCCCCCOS(N)(=O)=O)c21. The Morgan fingerprint density at radius 2 is 1.80 bits per heavy atom. The molecule has 0 aromatic heterocycles. The number of rotatable bonds is 9. The molecule has 0 unspecified atom stereocenters. The van der Waals surface area contributed by atoms with Gasteiger partial charge in [0.25, 0.3) is 10.0 Å². The quantitative estimate of drug-likeness (QED) is 0.578. The van der Waals surface area contributed by atoms with E-state index >= 15 is 0 Å². The molecule has 0 amide bonds. The summed E-state index contributed by atoms with van der Waals surface area (Å²) in [6.45, 7) is 0.486. The standard InChI is InChI=1S/C14H21N3O6S2/c15-14-13-11(10-24(18,19)17-14)6-5-7-12(13)22-8-3-1-2-4-9-23-25(16,20)21/h5-7H,1-4,8-10H2,(H2,15,17)(H2,16,20,21). The Labute approximate surface area is 147 Å². The van der Waals surface area contributed by atoms with Gasteiger partial charge in [-0.1, -0.05) is 18.6 Å². The monoisotopic (exact) mass is 391 g/mol. The van der Waals surface area contributed by atoms with Crippen LogP contribution in [-0.2, 0) is 30.3 Å². The summed E-state index contributed by atoms with van der Waals surface area (Å²) in [7, 11) is -7.44. The molecule has 1 heterocycles. The van der Waals surface area contributed by atoms with Crippen LogP contribution in [0.15, 0.2) is 22.6 Å². The van der Waals surface area contributed by atoms with Gasteiger partial charge >= 0.3 is 10.3 Å². The molecule has 1 aliphatic heterocycles. The van der Waals surface area contributed by atoms with E-state index in [-0.39, 0.29) is 18.2 Å². The molecule has 0 saturated heterocycles. The lowest BCUT2D eigenvalue weighted by atomic mass is 10.1. The van der Waals surface area contributed by atoms with Gasteiger partial charge in [0.1, 0.15) is 11.6 Å². The van der Waals surface area contributed by atoms with Crippen molar-refractivity contribution in [2.24, 2.45) is 15.3 Å². The summed E-state index contributed by atoms with van der Waals surface area (Å²) >= 11 is 0. The Morgan fingerprint density at radius 3 is 2.48 bits per heavy atom. The summed E-state index contributed by atoms with van der Waals surface area (Å²) in [6.07, 6.45) is 2.91. The first-order valence-electron chi connectivity index (χ1n) is 7.68. The molecule has 0 radical (unpaired) electrons. The van der Waals surface area contributed by atoms with E-state index in [4.69, 9.17) is 15.6 Å². The molecule has 4 N–H and O–H groups in total. The van der Waals surface area contributed by atoms with E-state index in [0.717, 1.165) is 19.3 Å². The Balaban J connectivity index is 1.80. The first-order chi connectivity index (χ1) is 11.7. The first kappa shape index (κ1) is 19.6. The molecule has 140 valence electrons. The van der Waals surface area contributed by atoms with Crippen LogP contribution in [0.5, 0.6) is 5.75 Å². The molecule has 0 saturated carbocycles. The molecule has 0 spiro atoms. The molecule has 1 aliphatic rings. The van der Waals surface area contributed by atoms with Gasteiger partial charge in [0.2, 0.25) is 0 Å². The van der Waals surface area contributed by atoms with Gasteiger partial charge in [-0.25, -0.2) is 13.6 Å². The summed E-state index contributed by atoms with van der Waals surface area (Å²) in [6, 6.07) is 5.12. The van der Waals surface area contributed by atoms with E-state index < -0.39 is 20.3 Å². The maximum atomic E-state index is 11.6. The van der Waals surface area contributed by atoms with Crippen molar-refractivity contribution in [3.05, 3.63) is 29.3 Å². The van der Waals surface area contributed by atoms with Crippen molar-refractivity contribution in [3.8, 4) is 5.75 Å². The second-order valence-electron chi connectivity index (χ2n) is 5.57. The third kappa shape index (κ3) is 6.27. The van der Waals surface area contributed by atoms with Gasteiger partial charge in [-0.2, -0.15) is 8.42 Å². The van der Waals surface area contributed by atoms with Crippen LogP contribution in [0.3, 0.4) is 0 Å². The highest BCUT2D eigenvalue weighted by molar-refractivity contribution is 7.89. The molecule has 0 aliphatic carbocycles. The van der Waals surface area contributed by atoms with Crippen LogP contribution in [0.25, 0.3) is 0 Å². The highest BCUT2D eigenvalue weighted by atomic mass is 32.2. The minimum atomic E-state index is -3.87. The Hall–Kier alpha value is -1.69. The zero-order valence-corrected chi connectivity index (χ0v) is 15.2. The van der Waals surface area contributed by atoms with Crippen LogP contribution in [0.1, 0.15) is 36.8 Å². The van der Waals surface area contributed by atoms with Gasteiger partial charge in [-0.3, -0.25) is 4.18 Å². The number of hydrogen-bond acceptors (Lipinski definition) is 7. The summed E-state index contributed by atoms with van der Waals surface area (Å²) in [5.41, 5.74) is 6.86. The van der Waals surface area contributed by atoms with E-state index in [2.05, 4.69) is 8.58 Å². The van der Waals surface area contributed by atoms with Gasteiger partial charge < -0.3 is 10.5 Å². The molecule has 25 heavy (non-hydrogen) atoms. The lowest BCUT2D eigenvalue weighted by Crippen LogP contribution is -2.24. The van der Waals surface area contributed by atoms with Crippen molar-refractivity contribution in [1.82, 2.24) is 0 Å². The fourth-order valence-electron chi connectivity index (χ4n) is 2.45. The maximum Gasteiger partial charge on any atom is 0.333 e. The van der Waals surface area contributed by atoms with E-state index in [9.17, 15) is 16.8 Å². The Morgan fingerprint density at radius 1 is 1.12 bits per heavy atom.